The number of benzene rings is 1. The zero-order valence-electron chi connectivity index (χ0n) is 18.9. The molecule has 1 aromatic carbocycles. The molecule has 0 radical (unpaired) electrons. The summed E-state index contributed by atoms with van der Waals surface area (Å²) < 4.78 is 0. The average molecular weight is 404 g/mol. The summed E-state index contributed by atoms with van der Waals surface area (Å²) in [5, 5.41) is 18.2. The van der Waals surface area contributed by atoms with Gasteiger partial charge in [0.25, 0.3) is 0 Å². The Hall–Kier alpha value is -2.61. The predicted octanol–water partition coefficient (Wildman–Crippen LogP) is 4.97. The first-order valence-electron chi connectivity index (χ1n) is 11.2. The van der Waals surface area contributed by atoms with Crippen LogP contribution in [0.25, 0.3) is 0 Å². The first-order valence-corrected chi connectivity index (χ1v) is 11.2. The van der Waals surface area contributed by atoms with Crippen LogP contribution in [0.4, 0.5) is 11.5 Å². The Morgan fingerprint density at radius 1 is 1.07 bits per heavy atom. The van der Waals surface area contributed by atoms with Crippen LogP contribution in [0.15, 0.2) is 24.3 Å². The molecule has 0 bridgehead atoms. The van der Waals surface area contributed by atoms with Crippen molar-refractivity contribution in [1.82, 2.24) is 10.2 Å². The SMILES string of the molecule is Cc1c(C#N)ccc(N2CC3(CCN(c4ccc(C(C)C)nn4)CC3)CC2C)c1C. The molecule has 0 saturated carbocycles. The summed E-state index contributed by atoms with van der Waals surface area (Å²) in [7, 11) is 0. The number of nitriles is 1. The Morgan fingerprint density at radius 2 is 1.80 bits per heavy atom. The van der Waals surface area contributed by atoms with Crippen LogP contribution in [-0.2, 0) is 0 Å². The van der Waals surface area contributed by atoms with Gasteiger partial charge in [-0.15, -0.1) is 5.10 Å². The van der Waals surface area contributed by atoms with Crippen LogP contribution >= 0.6 is 0 Å². The lowest BCUT2D eigenvalue weighted by Gasteiger charge is -2.40. The second kappa shape index (κ2) is 7.91. The molecule has 3 heterocycles. The summed E-state index contributed by atoms with van der Waals surface area (Å²) in [5.41, 5.74) is 5.87. The molecule has 1 spiro atoms. The van der Waals surface area contributed by atoms with Crippen molar-refractivity contribution in [2.24, 2.45) is 5.41 Å². The van der Waals surface area contributed by atoms with Gasteiger partial charge in [0, 0.05) is 31.4 Å². The Bertz CT molecular complexity index is 949. The highest BCUT2D eigenvalue weighted by atomic mass is 15.3. The fourth-order valence-corrected chi connectivity index (χ4v) is 5.26. The lowest BCUT2D eigenvalue weighted by atomic mass is 9.77. The number of nitrogens with zero attached hydrogens (tertiary/aromatic N) is 5. The minimum Gasteiger partial charge on any atom is -0.368 e. The van der Waals surface area contributed by atoms with Gasteiger partial charge in [0.05, 0.1) is 17.3 Å². The Kier molecular flexibility index (Phi) is 5.44. The van der Waals surface area contributed by atoms with Crippen LogP contribution in [-0.4, -0.2) is 35.9 Å². The monoisotopic (exact) mass is 403 g/mol. The van der Waals surface area contributed by atoms with Crippen molar-refractivity contribution in [2.75, 3.05) is 29.4 Å². The second-order valence-corrected chi connectivity index (χ2v) is 9.63. The molecule has 1 atom stereocenters. The van der Waals surface area contributed by atoms with Crippen molar-refractivity contribution in [3.8, 4) is 6.07 Å². The van der Waals surface area contributed by atoms with Crippen LogP contribution < -0.4 is 9.80 Å². The molecule has 1 unspecified atom stereocenters. The lowest BCUT2D eigenvalue weighted by Crippen LogP contribution is -2.42. The third-order valence-corrected chi connectivity index (χ3v) is 7.37. The molecule has 2 saturated heterocycles. The normalized spacial score (nSPS) is 20.8. The van der Waals surface area contributed by atoms with Crippen molar-refractivity contribution < 1.29 is 0 Å². The molecule has 158 valence electrons. The summed E-state index contributed by atoms with van der Waals surface area (Å²) in [6, 6.07) is 11.2. The zero-order chi connectivity index (χ0) is 21.5. The van der Waals surface area contributed by atoms with E-state index in [4.69, 9.17) is 0 Å². The number of hydrogen-bond donors (Lipinski definition) is 0. The van der Waals surface area contributed by atoms with Gasteiger partial charge in [0.1, 0.15) is 0 Å². The molecule has 2 fully saturated rings. The molecule has 5 heteroatoms. The molecule has 5 nitrogen and oxygen atoms in total. The van der Waals surface area contributed by atoms with Gasteiger partial charge in [-0.25, -0.2) is 0 Å². The highest BCUT2D eigenvalue weighted by Crippen LogP contribution is 2.46. The summed E-state index contributed by atoms with van der Waals surface area (Å²) in [6.07, 6.45) is 3.61. The first-order chi connectivity index (χ1) is 14.3. The highest BCUT2D eigenvalue weighted by Gasteiger charge is 2.44. The maximum Gasteiger partial charge on any atom is 0.151 e. The lowest BCUT2D eigenvalue weighted by molar-refractivity contribution is 0.244. The number of aromatic nitrogens is 2. The van der Waals surface area contributed by atoms with Crippen LogP contribution in [0.5, 0.6) is 0 Å². The molecule has 2 aliphatic heterocycles. The Labute approximate surface area is 180 Å². The molecule has 30 heavy (non-hydrogen) atoms. The van der Waals surface area contributed by atoms with E-state index >= 15 is 0 Å². The van der Waals surface area contributed by atoms with E-state index in [2.05, 4.69) is 78.9 Å². The molecule has 2 aromatic rings. The standard InChI is InChI=1S/C25H33N5/c1-17(2)22-7-9-24(28-27-22)29-12-10-25(11-13-29)14-18(3)30(16-25)23-8-6-21(15-26)19(4)20(23)5/h6-9,17-18H,10-14,16H2,1-5H3. The fourth-order valence-electron chi connectivity index (χ4n) is 5.26. The van der Waals surface area contributed by atoms with E-state index < -0.39 is 0 Å². The van der Waals surface area contributed by atoms with Crippen molar-refractivity contribution in [3.63, 3.8) is 0 Å². The maximum atomic E-state index is 9.33. The van der Waals surface area contributed by atoms with Gasteiger partial charge in [0.15, 0.2) is 5.82 Å². The van der Waals surface area contributed by atoms with Crippen molar-refractivity contribution in [2.45, 2.75) is 65.8 Å². The predicted molar refractivity (Wildman–Crippen MR) is 122 cm³/mol. The van der Waals surface area contributed by atoms with Crippen molar-refractivity contribution in [1.29, 1.82) is 5.26 Å². The van der Waals surface area contributed by atoms with E-state index in [9.17, 15) is 5.26 Å². The van der Waals surface area contributed by atoms with Gasteiger partial charge in [-0.1, -0.05) is 13.8 Å². The van der Waals surface area contributed by atoms with Crippen LogP contribution in [0.3, 0.4) is 0 Å². The van der Waals surface area contributed by atoms with E-state index in [1.807, 2.05) is 6.07 Å². The number of piperidine rings is 1. The molecule has 0 aliphatic carbocycles. The summed E-state index contributed by atoms with van der Waals surface area (Å²) in [4.78, 5) is 4.98. The maximum absolute atomic E-state index is 9.33. The van der Waals surface area contributed by atoms with E-state index in [0.717, 1.165) is 42.3 Å². The minimum absolute atomic E-state index is 0.370. The molecule has 4 rings (SSSR count). The zero-order valence-corrected chi connectivity index (χ0v) is 18.9. The van der Waals surface area contributed by atoms with Gasteiger partial charge in [-0.05, 0) is 86.8 Å². The van der Waals surface area contributed by atoms with Gasteiger partial charge in [-0.2, -0.15) is 10.4 Å². The van der Waals surface area contributed by atoms with Crippen LogP contribution in [0, 0.1) is 30.6 Å². The van der Waals surface area contributed by atoms with Gasteiger partial charge in [0.2, 0.25) is 0 Å². The quantitative estimate of drug-likeness (QED) is 0.724. The molecule has 1 aromatic heterocycles. The largest absolute Gasteiger partial charge is 0.368 e. The molecule has 0 amide bonds. The van der Waals surface area contributed by atoms with E-state index in [0.29, 0.717) is 17.4 Å². The summed E-state index contributed by atoms with van der Waals surface area (Å²) >= 11 is 0. The Balaban J connectivity index is 1.47. The number of anilines is 2. The minimum atomic E-state index is 0.370. The van der Waals surface area contributed by atoms with E-state index in [1.54, 1.807) is 0 Å². The first kappa shape index (κ1) is 20.7. The highest BCUT2D eigenvalue weighted by molar-refractivity contribution is 5.61. The van der Waals surface area contributed by atoms with Gasteiger partial charge in [-0.3, -0.25) is 0 Å². The smallest absolute Gasteiger partial charge is 0.151 e. The van der Waals surface area contributed by atoms with Crippen molar-refractivity contribution in [3.05, 3.63) is 46.6 Å². The van der Waals surface area contributed by atoms with E-state index in [-0.39, 0.29) is 0 Å². The Morgan fingerprint density at radius 3 is 2.40 bits per heavy atom. The third kappa shape index (κ3) is 3.64. The average Bonchev–Trinajstić information content (AvgIpc) is 3.06. The number of rotatable bonds is 3. The summed E-state index contributed by atoms with van der Waals surface area (Å²) in [5.74, 6) is 1.42. The van der Waals surface area contributed by atoms with Crippen molar-refractivity contribution >= 4 is 11.5 Å². The van der Waals surface area contributed by atoms with Crippen LogP contribution in [0.1, 0.15) is 68.3 Å². The molecular formula is C25H33N5. The van der Waals surface area contributed by atoms with Gasteiger partial charge < -0.3 is 9.80 Å². The molecule has 2 aliphatic rings. The van der Waals surface area contributed by atoms with Crippen LogP contribution in [0.2, 0.25) is 0 Å². The second-order valence-electron chi connectivity index (χ2n) is 9.63. The third-order valence-electron chi connectivity index (χ3n) is 7.37. The molecular weight excluding hydrogens is 370 g/mol. The summed E-state index contributed by atoms with van der Waals surface area (Å²) in [6.45, 7) is 14.1. The van der Waals surface area contributed by atoms with Gasteiger partial charge >= 0.3 is 0 Å². The molecule has 0 N–H and O–H groups in total. The topological polar surface area (TPSA) is 56.1 Å². The number of hydrogen-bond acceptors (Lipinski definition) is 5. The fraction of sp³-hybridized carbons (Fsp3) is 0.560. The van der Waals surface area contributed by atoms with E-state index in [1.165, 1.54) is 30.5 Å².